The highest BCUT2D eigenvalue weighted by atomic mass is 16.6. The van der Waals surface area contributed by atoms with Gasteiger partial charge in [0.15, 0.2) is 0 Å². The summed E-state index contributed by atoms with van der Waals surface area (Å²) >= 11 is 0. The average molecular weight is 412 g/mol. The lowest BCUT2D eigenvalue weighted by atomic mass is 10.2. The first-order valence-electron chi connectivity index (χ1n) is 9.60. The molecule has 4 aromatic rings. The molecule has 0 aliphatic carbocycles. The van der Waals surface area contributed by atoms with Crippen molar-refractivity contribution in [1.82, 2.24) is 9.97 Å². The minimum absolute atomic E-state index is 0.0884. The zero-order valence-electron chi connectivity index (χ0n) is 16.8. The molecule has 0 saturated heterocycles. The van der Waals surface area contributed by atoms with Gasteiger partial charge in [0.2, 0.25) is 11.6 Å². The first kappa shape index (κ1) is 19.8. The average Bonchev–Trinajstić information content (AvgIpc) is 2.83. The SMILES string of the molecule is CN(c1ccccc1)c1ncnc(NN(c2ccccc2)c2ccccc2)c1[N+](=O)[O-]. The van der Waals surface area contributed by atoms with Gasteiger partial charge >= 0.3 is 5.69 Å². The predicted octanol–water partition coefficient (Wildman–Crippen LogP) is 5.32. The Morgan fingerprint density at radius 3 is 1.74 bits per heavy atom. The largest absolute Gasteiger partial charge is 0.355 e. The maximum atomic E-state index is 12.1. The number of anilines is 5. The number of aromatic nitrogens is 2. The summed E-state index contributed by atoms with van der Waals surface area (Å²) in [5, 5.41) is 13.8. The molecule has 1 heterocycles. The first-order chi connectivity index (χ1) is 15.1. The fourth-order valence-electron chi connectivity index (χ4n) is 3.18. The smallest absolute Gasteiger partial charge is 0.324 e. The number of nitrogens with one attached hydrogen (secondary N) is 1. The molecule has 154 valence electrons. The zero-order chi connectivity index (χ0) is 21.6. The van der Waals surface area contributed by atoms with E-state index in [1.54, 1.807) is 17.0 Å². The fourth-order valence-corrected chi connectivity index (χ4v) is 3.18. The maximum Gasteiger partial charge on any atom is 0.355 e. The third-order valence-corrected chi connectivity index (χ3v) is 4.69. The third-order valence-electron chi connectivity index (χ3n) is 4.69. The molecule has 1 aromatic heterocycles. The van der Waals surface area contributed by atoms with Crippen molar-refractivity contribution in [1.29, 1.82) is 0 Å². The van der Waals surface area contributed by atoms with Crippen molar-refractivity contribution in [2.45, 2.75) is 0 Å². The van der Waals surface area contributed by atoms with E-state index in [-0.39, 0.29) is 17.3 Å². The number of hydrazine groups is 1. The Hall–Kier alpha value is -4.46. The Morgan fingerprint density at radius 2 is 1.26 bits per heavy atom. The minimum atomic E-state index is -0.467. The number of para-hydroxylation sites is 3. The Bertz CT molecular complexity index is 1120. The Balaban J connectivity index is 1.79. The molecule has 0 unspecified atom stereocenters. The Morgan fingerprint density at radius 1 is 0.774 bits per heavy atom. The van der Waals surface area contributed by atoms with E-state index in [0.717, 1.165) is 17.1 Å². The Kier molecular flexibility index (Phi) is 5.70. The third kappa shape index (κ3) is 4.27. The molecule has 3 aromatic carbocycles. The molecule has 0 atom stereocenters. The van der Waals surface area contributed by atoms with Crippen LogP contribution in [-0.4, -0.2) is 21.9 Å². The summed E-state index contributed by atoms with van der Waals surface area (Å²) in [6.07, 6.45) is 1.32. The van der Waals surface area contributed by atoms with Gasteiger partial charge in [0, 0.05) is 12.7 Å². The van der Waals surface area contributed by atoms with E-state index < -0.39 is 4.92 Å². The summed E-state index contributed by atoms with van der Waals surface area (Å²) in [5.74, 6) is 0.278. The van der Waals surface area contributed by atoms with Gasteiger partial charge < -0.3 is 4.90 Å². The molecule has 31 heavy (non-hydrogen) atoms. The zero-order valence-corrected chi connectivity index (χ0v) is 16.8. The normalized spacial score (nSPS) is 10.4. The fraction of sp³-hybridized carbons (Fsp3) is 0.0435. The van der Waals surface area contributed by atoms with Crippen LogP contribution in [0.25, 0.3) is 0 Å². The molecule has 0 spiro atoms. The van der Waals surface area contributed by atoms with Gasteiger partial charge in [0.25, 0.3) is 0 Å². The van der Waals surface area contributed by atoms with Crippen LogP contribution in [-0.2, 0) is 0 Å². The molecule has 0 aliphatic heterocycles. The van der Waals surface area contributed by atoms with Crippen molar-refractivity contribution >= 4 is 34.4 Å². The van der Waals surface area contributed by atoms with Crippen LogP contribution in [0.1, 0.15) is 0 Å². The lowest BCUT2D eigenvalue weighted by molar-refractivity contribution is -0.383. The number of hydrogen-bond donors (Lipinski definition) is 1. The monoisotopic (exact) mass is 412 g/mol. The summed E-state index contributed by atoms with van der Waals surface area (Å²) in [5.41, 5.74) is 5.29. The molecule has 0 saturated carbocycles. The van der Waals surface area contributed by atoms with E-state index in [2.05, 4.69) is 15.4 Å². The van der Waals surface area contributed by atoms with E-state index in [1.807, 2.05) is 91.0 Å². The lowest BCUT2D eigenvalue weighted by Gasteiger charge is -2.26. The molecular weight excluding hydrogens is 392 g/mol. The molecular formula is C23H20N6O2. The lowest BCUT2D eigenvalue weighted by Crippen LogP contribution is -2.26. The van der Waals surface area contributed by atoms with E-state index >= 15 is 0 Å². The van der Waals surface area contributed by atoms with Gasteiger partial charge in [-0.25, -0.2) is 9.97 Å². The topological polar surface area (TPSA) is 87.4 Å². The minimum Gasteiger partial charge on any atom is -0.324 e. The van der Waals surface area contributed by atoms with E-state index in [9.17, 15) is 10.1 Å². The highest BCUT2D eigenvalue weighted by molar-refractivity contribution is 5.78. The van der Waals surface area contributed by atoms with Gasteiger partial charge in [0.1, 0.15) is 6.33 Å². The van der Waals surface area contributed by atoms with Crippen LogP contribution in [0, 0.1) is 10.1 Å². The molecule has 4 rings (SSSR count). The van der Waals surface area contributed by atoms with Crippen LogP contribution in [0.3, 0.4) is 0 Å². The van der Waals surface area contributed by atoms with E-state index in [1.165, 1.54) is 6.33 Å². The van der Waals surface area contributed by atoms with Crippen molar-refractivity contribution in [3.05, 3.63) is 107 Å². The highest BCUT2D eigenvalue weighted by Crippen LogP contribution is 2.36. The Labute approximate surface area is 179 Å². The molecule has 0 amide bonds. The van der Waals surface area contributed by atoms with Crippen molar-refractivity contribution in [3.63, 3.8) is 0 Å². The number of hydrogen-bond acceptors (Lipinski definition) is 7. The quantitative estimate of drug-likeness (QED) is 0.325. The molecule has 1 N–H and O–H groups in total. The summed E-state index contributed by atoms with van der Waals surface area (Å²) in [7, 11) is 1.74. The number of nitrogens with zero attached hydrogens (tertiary/aromatic N) is 5. The number of nitro groups is 1. The van der Waals surface area contributed by atoms with Gasteiger partial charge in [-0.15, -0.1) is 0 Å². The molecule has 0 fully saturated rings. The van der Waals surface area contributed by atoms with Crippen LogP contribution >= 0.6 is 0 Å². The number of rotatable bonds is 7. The van der Waals surface area contributed by atoms with Gasteiger partial charge in [-0.3, -0.25) is 20.5 Å². The highest BCUT2D eigenvalue weighted by Gasteiger charge is 2.27. The number of benzene rings is 3. The second-order valence-electron chi connectivity index (χ2n) is 6.66. The summed E-state index contributed by atoms with van der Waals surface area (Å²) in [6, 6.07) is 28.4. The van der Waals surface area contributed by atoms with E-state index in [4.69, 9.17) is 0 Å². The van der Waals surface area contributed by atoms with Crippen LogP contribution < -0.4 is 15.3 Å². The standard InChI is InChI=1S/C23H20N6O2/c1-27(18-11-5-2-6-12-18)23-21(29(30)31)22(24-17-25-23)26-28(19-13-7-3-8-14-19)20-15-9-4-10-16-20/h2-17H,1H3,(H,24,25,26). The summed E-state index contributed by atoms with van der Waals surface area (Å²) in [6.45, 7) is 0. The second-order valence-corrected chi connectivity index (χ2v) is 6.66. The van der Waals surface area contributed by atoms with Crippen LogP contribution in [0.5, 0.6) is 0 Å². The summed E-state index contributed by atoms with van der Waals surface area (Å²) < 4.78 is 0. The predicted molar refractivity (Wildman–Crippen MR) is 122 cm³/mol. The molecule has 8 nitrogen and oxygen atoms in total. The van der Waals surface area contributed by atoms with E-state index in [0.29, 0.717) is 0 Å². The first-order valence-corrected chi connectivity index (χ1v) is 9.60. The second kappa shape index (κ2) is 8.91. The van der Waals surface area contributed by atoms with Gasteiger partial charge in [-0.05, 0) is 36.4 Å². The van der Waals surface area contributed by atoms with Crippen molar-refractivity contribution in [3.8, 4) is 0 Å². The van der Waals surface area contributed by atoms with Crippen molar-refractivity contribution in [2.24, 2.45) is 0 Å². The van der Waals surface area contributed by atoms with Gasteiger partial charge in [-0.2, -0.15) is 0 Å². The molecule has 0 radical (unpaired) electrons. The van der Waals surface area contributed by atoms with Gasteiger partial charge in [0.05, 0.1) is 16.3 Å². The van der Waals surface area contributed by atoms with Gasteiger partial charge in [-0.1, -0.05) is 54.6 Å². The van der Waals surface area contributed by atoms with Crippen LogP contribution in [0.2, 0.25) is 0 Å². The molecule has 0 aliphatic rings. The van der Waals surface area contributed by atoms with Crippen molar-refractivity contribution < 1.29 is 4.92 Å². The van der Waals surface area contributed by atoms with Crippen LogP contribution in [0.15, 0.2) is 97.3 Å². The molecule has 0 bridgehead atoms. The maximum absolute atomic E-state index is 12.1. The molecule has 8 heteroatoms. The summed E-state index contributed by atoms with van der Waals surface area (Å²) in [4.78, 5) is 21.7. The van der Waals surface area contributed by atoms with Crippen LogP contribution in [0.4, 0.5) is 34.4 Å². The van der Waals surface area contributed by atoms with Crippen molar-refractivity contribution in [2.75, 3.05) is 22.4 Å².